The summed E-state index contributed by atoms with van der Waals surface area (Å²) in [5.74, 6) is 0. The van der Waals surface area contributed by atoms with E-state index >= 15 is 0 Å². The van der Waals surface area contributed by atoms with Crippen molar-refractivity contribution in [1.82, 2.24) is 5.32 Å². The van der Waals surface area contributed by atoms with Crippen molar-refractivity contribution in [2.75, 3.05) is 6.54 Å². The Labute approximate surface area is 124 Å². The lowest BCUT2D eigenvalue weighted by atomic mass is 10.0. The summed E-state index contributed by atoms with van der Waals surface area (Å²) >= 11 is 7.72. The quantitative estimate of drug-likeness (QED) is 0.826. The van der Waals surface area contributed by atoms with Gasteiger partial charge in [0.2, 0.25) is 0 Å². The molecule has 0 aliphatic carbocycles. The predicted octanol–water partition coefficient (Wildman–Crippen LogP) is 4.91. The Morgan fingerprint density at radius 1 is 1.16 bits per heavy atom. The number of benzene rings is 1. The van der Waals surface area contributed by atoms with Gasteiger partial charge in [0.1, 0.15) is 0 Å². The zero-order valence-electron chi connectivity index (χ0n) is 11.7. The highest BCUT2D eigenvalue weighted by Gasteiger charge is 2.13. The van der Waals surface area contributed by atoms with E-state index in [4.69, 9.17) is 11.6 Å². The monoisotopic (exact) mass is 293 g/mol. The number of hydrogen-bond donors (Lipinski definition) is 1. The average Bonchev–Trinajstić information content (AvgIpc) is 2.74. The molecule has 1 aromatic heterocycles. The lowest BCUT2D eigenvalue weighted by molar-refractivity contribution is 0.558. The number of likely N-dealkylation sites (N-methyl/N-ethyl adjacent to an activating group) is 1. The van der Waals surface area contributed by atoms with Crippen LogP contribution in [0.1, 0.15) is 34.5 Å². The van der Waals surface area contributed by atoms with E-state index < -0.39 is 0 Å². The minimum Gasteiger partial charge on any atom is -0.309 e. The maximum Gasteiger partial charge on any atom is 0.0931 e. The van der Waals surface area contributed by atoms with Crippen molar-refractivity contribution in [3.05, 3.63) is 56.2 Å². The molecular weight excluding hydrogens is 274 g/mol. The van der Waals surface area contributed by atoms with Crippen molar-refractivity contribution in [1.29, 1.82) is 0 Å². The van der Waals surface area contributed by atoms with E-state index in [-0.39, 0.29) is 0 Å². The van der Waals surface area contributed by atoms with Gasteiger partial charge in [-0.1, -0.05) is 47.9 Å². The minimum atomic E-state index is 0.351. The molecule has 0 amide bonds. The molecule has 102 valence electrons. The average molecular weight is 294 g/mol. The van der Waals surface area contributed by atoms with Crippen LogP contribution >= 0.6 is 22.9 Å². The van der Waals surface area contributed by atoms with Gasteiger partial charge in [0.15, 0.2) is 0 Å². The standard InChI is InChI=1S/C16H20ClNS/c1-4-18-14(15-5-6-16(17)19-15)10-13-8-11(2)7-12(3)9-13/h5-9,14,18H,4,10H2,1-3H3. The third-order valence-electron chi connectivity index (χ3n) is 3.11. The second-order valence-electron chi connectivity index (χ2n) is 4.95. The molecule has 1 atom stereocenters. The number of rotatable bonds is 5. The van der Waals surface area contributed by atoms with Gasteiger partial charge in [-0.05, 0) is 44.5 Å². The maximum absolute atomic E-state index is 6.05. The summed E-state index contributed by atoms with van der Waals surface area (Å²) in [7, 11) is 0. The highest BCUT2D eigenvalue weighted by molar-refractivity contribution is 7.16. The Kier molecular flexibility index (Phi) is 5.03. The van der Waals surface area contributed by atoms with Gasteiger partial charge in [-0.25, -0.2) is 0 Å². The van der Waals surface area contributed by atoms with Crippen molar-refractivity contribution < 1.29 is 0 Å². The molecule has 19 heavy (non-hydrogen) atoms. The molecule has 1 unspecified atom stereocenters. The van der Waals surface area contributed by atoms with Crippen LogP contribution in [0.15, 0.2) is 30.3 Å². The summed E-state index contributed by atoms with van der Waals surface area (Å²) < 4.78 is 0.860. The second kappa shape index (κ2) is 6.56. The largest absolute Gasteiger partial charge is 0.309 e. The Morgan fingerprint density at radius 2 is 1.84 bits per heavy atom. The summed E-state index contributed by atoms with van der Waals surface area (Å²) in [5.41, 5.74) is 4.04. The van der Waals surface area contributed by atoms with Crippen LogP contribution in [0, 0.1) is 13.8 Å². The molecule has 0 spiro atoms. The van der Waals surface area contributed by atoms with Crippen LogP contribution in [0.25, 0.3) is 0 Å². The number of thiophene rings is 1. The van der Waals surface area contributed by atoms with Crippen LogP contribution in [0.4, 0.5) is 0 Å². The fourth-order valence-corrected chi connectivity index (χ4v) is 3.59. The molecule has 1 nitrogen and oxygen atoms in total. The first-order chi connectivity index (χ1) is 9.08. The van der Waals surface area contributed by atoms with Gasteiger partial charge in [-0.15, -0.1) is 11.3 Å². The van der Waals surface area contributed by atoms with Gasteiger partial charge in [0.05, 0.1) is 4.34 Å². The Morgan fingerprint density at radius 3 is 2.37 bits per heavy atom. The van der Waals surface area contributed by atoms with E-state index in [9.17, 15) is 0 Å². The molecule has 1 N–H and O–H groups in total. The first kappa shape index (κ1) is 14.6. The summed E-state index contributed by atoms with van der Waals surface area (Å²) in [5, 5.41) is 3.55. The van der Waals surface area contributed by atoms with E-state index in [0.29, 0.717) is 6.04 Å². The second-order valence-corrected chi connectivity index (χ2v) is 6.70. The molecular formula is C16H20ClNS. The molecule has 0 radical (unpaired) electrons. The zero-order chi connectivity index (χ0) is 13.8. The molecule has 0 aliphatic heterocycles. The third-order valence-corrected chi connectivity index (χ3v) is 4.45. The van der Waals surface area contributed by atoms with Crippen LogP contribution < -0.4 is 5.32 Å². The molecule has 3 heteroatoms. The molecule has 1 heterocycles. The van der Waals surface area contributed by atoms with Crippen molar-refractivity contribution in [3.8, 4) is 0 Å². The lowest BCUT2D eigenvalue weighted by Crippen LogP contribution is -2.22. The summed E-state index contributed by atoms with van der Waals surface area (Å²) in [6.07, 6.45) is 1.01. The van der Waals surface area contributed by atoms with Crippen molar-refractivity contribution in [2.45, 2.75) is 33.2 Å². The van der Waals surface area contributed by atoms with Gasteiger partial charge < -0.3 is 5.32 Å². The third kappa shape index (κ3) is 4.07. The minimum absolute atomic E-state index is 0.351. The van der Waals surface area contributed by atoms with E-state index in [0.717, 1.165) is 17.3 Å². The highest BCUT2D eigenvalue weighted by Crippen LogP contribution is 2.29. The molecule has 2 rings (SSSR count). The Balaban J connectivity index is 2.20. The van der Waals surface area contributed by atoms with E-state index in [1.165, 1.54) is 21.6 Å². The molecule has 0 aliphatic rings. The Bertz CT molecular complexity index is 527. The Hall–Kier alpha value is -0.830. The molecule has 1 aromatic carbocycles. The smallest absolute Gasteiger partial charge is 0.0931 e. The SMILES string of the molecule is CCNC(Cc1cc(C)cc(C)c1)c1ccc(Cl)s1. The van der Waals surface area contributed by atoms with Crippen LogP contribution in [0.5, 0.6) is 0 Å². The van der Waals surface area contributed by atoms with Gasteiger partial charge in [-0.3, -0.25) is 0 Å². The highest BCUT2D eigenvalue weighted by atomic mass is 35.5. The number of halogens is 1. The molecule has 0 fully saturated rings. The number of hydrogen-bond acceptors (Lipinski definition) is 2. The number of aryl methyl sites for hydroxylation is 2. The summed E-state index contributed by atoms with van der Waals surface area (Å²) in [6.45, 7) is 7.41. The van der Waals surface area contributed by atoms with Crippen LogP contribution in [0.2, 0.25) is 4.34 Å². The fourth-order valence-electron chi connectivity index (χ4n) is 2.46. The van der Waals surface area contributed by atoms with E-state index in [1.807, 2.05) is 6.07 Å². The van der Waals surface area contributed by atoms with E-state index in [1.54, 1.807) is 11.3 Å². The van der Waals surface area contributed by atoms with Crippen molar-refractivity contribution in [3.63, 3.8) is 0 Å². The topological polar surface area (TPSA) is 12.0 Å². The van der Waals surface area contributed by atoms with Gasteiger partial charge in [-0.2, -0.15) is 0 Å². The molecule has 0 saturated carbocycles. The summed E-state index contributed by atoms with van der Waals surface area (Å²) in [6, 6.07) is 11.2. The lowest BCUT2D eigenvalue weighted by Gasteiger charge is -2.17. The summed E-state index contributed by atoms with van der Waals surface area (Å²) in [4.78, 5) is 1.31. The van der Waals surface area contributed by atoms with E-state index in [2.05, 4.69) is 50.4 Å². The number of nitrogens with one attached hydrogen (secondary N) is 1. The van der Waals surface area contributed by atoms with Crippen LogP contribution in [-0.4, -0.2) is 6.54 Å². The maximum atomic E-state index is 6.05. The first-order valence-electron chi connectivity index (χ1n) is 6.64. The van der Waals surface area contributed by atoms with Crippen molar-refractivity contribution in [2.24, 2.45) is 0 Å². The van der Waals surface area contributed by atoms with Gasteiger partial charge in [0, 0.05) is 10.9 Å². The first-order valence-corrected chi connectivity index (χ1v) is 7.83. The van der Waals surface area contributed by atoms with Gasteiger partial charge in [0.25, 0.3) is 0 Å². The molecule has 0 bridgehead atoms. The normalized spacial score (nSPS) is 12.6. The molecule has 2 aromatic rings. The zero-order valence-corrected chi connectivity index (χ0v) is 13.2. The molecule has 0 saturated heterocycles. The van der Waals surface area contributed by atoms with Crippen molar-refractivity contribution >= 4 is 22.9 Å². The predicted molar refractivity (Wildman–Crippen MR) is 85.4 cm³/mol. The van der Waals surface area contributed by atoms with Crippen LogP contribution in [-0.2, 0) is 6.42 Å². The fraction of sp³-hybridized carbons (Fsp3) is 0.375. The van der Waals surface area contributed by atoms with Gasteiger partial charge >= 0.3 is 0 Å². The van der Waals surface area contributed by atoms with Crippen LogP contribution in [0.3, 0.4) is 0 Å².